The monoisotopic (exact) mass is 526 g/mol. The molecule has 0 bridgehead atoms. The van der Waals surface area contributed by atoms with Crippen molar-refractivity contribution in [2.24, 2.45) is 0 Å². The van der Waals surface area contributed by atoms with Crippen LogP contribution in [-0.4, -0.2) is 26.6 Å². The summed E-state index contributed by atoms with van der Waals surface area (Å²) in [7, 11) is -4.00. The molecule has 0 spiro atoms. The molecule has 1 amide bonds. The number of anilines is 1. The first-order valence-electron chi connectivity index (χ1n) is 9.85. The standard InChI is InChI=1S/C23H21Cl2FN2O3S2/c1-15-4-2-5-17(12-15)28-33(30,31)22-13-16(8-9-20(22)25)23(29)27-10-11-32-14-18-19(24)6-3-7-21(18)26/h2-9,12-13,28H,10-11,14H2,1H3,(H,27,29). The van der Waals surface area contributed by atoms with Gasteiger partial charge in [0.15, 0.2) is 0 Å². The van der Waals surface area contributed by atoms with Gasteiger partial charge in [0.1, 0.15) is 10.7 Å². The molecule has 174 valence electrons. The zero-order valence-corrected chi connectivity index (χ0v) is 20.7. The number of nitrogens with one attached hydrogen (secondary N) is 2. The average Bonchev–Trinajstić information content (AvgIpc) is 2.75. The molecule has 5 nitrogen and oxygen atoms in total. The molecule has 33 heavy (non-hydrogen) atoms. The van der Waals surface area contributed by atoms with Crippen LogP contribution in [0, 0.1) is 12.7 Å². The van der Waals surface area contributed by atoms with E-state index in [0.29, 0.717) is 34.3 Å². The van der Waals surface area contributed by atoms with Gasteiger partial charge >= 0.3 is 0 Å². The number of carbonyl (C=O) groups is 1. The Bertz CT molecular complexity index is 1250. The van der Waals surface area contributed by atoms with Crippen molar-refractivity contribution < 1.29 is 17.6 Å². The molecule has 0 fully saturated rings. The maximum Gasteiger partial charge on any atom is 0.263 e. The van der Waals surface area contributed by atoms with Crippen molar-refractivity contribution in [3.05, 3.63) is 93.2 Å². The van der Waals surface area contributed by atoms with Crippen LogP contribution < -0.4 is 10.0 Å². The van der Waals surface area contributed by atoms with E-state index in [1.54, 1.807) is 30.3 Å². The van der Waals surface area contributed by atoms with E-state index in [2.05, 4.69) is 10.0 Å². The summed E-state index contributed by atoms with van der Waals surface area (Å²) in [6.45, 7) is 2.15. The first-order valence-corrected chi connectivity index (χ1v) is 13.2. The van der Waals surface area contributed by atoms with Crippen LogP contribution in [0.2, 0.25) is 10.0 Å². The Hall–Kier alpha value is -2.26. The second kappa shape index (κ2) is 11.2. The van der Waals surface area contributed by atoms with Crippen LogP contribution in [0.3, 0.4) is 0 Å². The van der Waals surface area contributed by atoms with Gasteiger partial charge in [-0.1, -0.05) is 41.4 Å². The molecule has 0 aliphatic heterocycles. The van der Waals surface area contributed by atoms with Crippen LogP contribution in [0.4, 0.5) is 10.1 Å². The summed E-state index contributed by atoms with van der Waals surface area (Å²) in [5.74, 6) is 0.0794. The highest BCUT2D eigenvalue weighted by Crippen LogP contribution is 2.26. The van der Waals surface area contributed by atoms with E-state index in [-0.39, 0.29) is 21.3 Å². The number of thioether (sulfide) groups is 1. The molecule has 3 aromatic rings. The minimum absolute atomic E-state index is 0.00373. The van der Waals surface area contributed by atoms with Crippen molar-refractivity contribution >= 4 is 56.6 Å². The fraction of sp³-hybridized carbons (Fsp3) is 0.174. The number of aryl methyl sites for hydroxylation is 1. The number of hydrogen-bond donors (Lipinski definition) is 2. The molecular formula is C23H21Cl2FN2O3S2. The van der Waals surface area contributed by atoms with Gasteiger partial charge in [0.25, 0.3) is 15.9 Å². The SMILES string of the molecule is Cc1cccc(NS(=O)(=O)c2cc(C(=O)NCCSCc3c(F)cccc3Cl)ccc2Cl)c1. The van der Waals surface area contributed by atoms with Crippen molar-refractivity contribution in [3.63, 3.8) is 0 Å². The molecule has 0 aliphatic rings. The molecular weight excluding hydrogens is 506 g/mol. The lowest BCUT2D eigenvalue weighted by atomic mass is 10.2. The minimum Gasteiger partial charge on any atom is -0.351 e. The van der Waals surface area contributed by atoms with Crippen molar-refractivity contribution in [2.45, 2.75) is 17.6 Å². The lowest BCUT2D eigenvalue weighted by Gasteiger charge is -2.12. The van der Waals surface area contributed by atoms with E-state index >= 15 is 0 Å². The van der Waals surface area contributed by atoms with E-state index in [0.717, 1.165) is 5.56 Å². The minimum atomic E-state index is -4.00. The third kappa shape index (κ3) is 6.86. The van der Waals surface area contributed by atoms with E-state index in [9.17, 15) is 17.6 Å². The number of hydrogen-bond acceptors (Lipinski definition) is 4. The highest BCUT2D eigenvalue weighted by atomic mass is 35.5. The van der Waals surface area contributed by atoms with Crippen LogP contribution in [0.15, 0.2) is 65.6 Å². The van der Waals surface area contributed by atoms with Crippen LogP contribution in [0.5, 0.6) is 0 Å². The molecule has 10 heteroatoms. The van der Waals surface area contributed by atoms with Gasteiger partial charge in [-0.2, -0.15) is 11.8 Å². The normalized spacial score (nSPS) is 11.3. The summed E-state index contributed by atoms with van der Waals surface area (Å²) >= 11 is 13.5. The maximum absolute atomic E-state index is 13.8. The fourth-order valence-corrected chi connectivity index (χ4v) is 5.73. The smallest absolute Gasteiger partial charge is 0.263 e. The first kappa shape index (κ1) is 25.4. The van der Waals surface area contributed by atoms with Gasteiger partial charge in [-0.15, -0.1) is 0 Å². The number of amides is 1. The van der Waals surface area contributed by atoms with Crippen LogP contribution in [-0.2, 0) is 15.8 Å². The molecule has 0 aliphatic carbocycles. The molecule has 3 rings (SSSR count). The largest absolute Gasteiger partial charge is 0.351 e. The Balaban J connectivity index is 1.60. The zero-order chi connectivity index (χ0) is 24.0. The summed E-state index contributed by atoms with van der Waals surface area (Å²) in [5, 5.41) is 3.09. The quantitative estimate of drug-likeness (QED) is 0.340. The Morgan fingerprint density at radius 1 is 1.03 bits per heavy atom. The van der Waals surface area contributed by atoms with Gasteiger partial charge in [-0.05, 0) is 55.0 Å². The van der Waals surface area contributed by atoms with Crippen LogP contribution in [0.1, 0.15) is 21.5 Å². The molecule has 0 heterocycles. The number of halogens is 3. The fourth-order valence-electron chi connectivity index (χ4n) is 2.95. The van der Waals surface area contributed by atoms with Crippen molar-refractivity contribution in [3.8, 4) is 0 Å². The summed E-state index contributed by atoms with van der Waals surface area (Å²) in [4.78, 5) is 12.3. The molecule has 3 aromatic carbocycles. The molecule has 0 unspecified atom stereocenters. The third-order valence-corrected chi connectivity index (χ3v) is 7.80. The molecule has 0 atom stereocenters. The number of sulfonamides is 1. The van der Waals surface area contributed by atoms with Gasteiger partial charge in [-0.25, -0.2) is 12.8 Å². The van der Waals surface area contributed by atoms with Crippen molar-refractivity contribution in [1.29, 1.82) is 0 Å². The second-order valence-corrected chi connectivity index (χ2v) is 10.7. The van der Waals surface area contributed by atoms with E-state index in [1.165, 1.54) is 36.0 Å². The van der Waals surface area contributed by atoms with Gasteiger partial charge in [-0.3, -0.25) is 9.52 Å². The lowest BCUT2D eigenvalue weighted by Crippen LogP contribution is -2.26. The van der Waals surface area contributed by atoms with Crippen molar-refractivity contribution in [1.82, 2.24) is 5.32 Å². The van der Waals surface area contributed by atoms with E-state index in [1.807, 2.05) is 13.0 Å². The Kier molecular flexibility index (Phi) is 8.64. The van der Waals surface area contributed by atoms with Gasteiger partial charge in [0, 0.05) is 39.9 Å². The van der Waals surface area contributed by atoms with Gasteiger partial charge in [0.2, 0.25) is 0 Å². The third-order valence-electron chi connectivity index (χ3n) is 4.59. The lowest BCUT2D eigenvalue weighted by molar-refractivity contribution is 0.0956. The second-order valence-electron chi connectivity index (χ2n) is 7.13. The van der Waals surface area contributed by atoms with Crippen molar-refractivity contribution in [2.75, 3.05) is 17.0 Å². The Morgan fingerprint density at radius 3 is 2.52 bits per heavy atom. The highest BCUT2D eigenvalue weighted by Gasteiger charge is 2.20. The summed E-state index contributed by atoms with van der Waals surface area (Å²) in [5.41, 5.74) is 1.87. The highest BCUT2D eigenvalue weighted by molar-refractivity contribution is 7.98. The number of benzene rings is 3. The van der Waals surface area contributed by atoms with E-state index < -0.39 is 15.9 Å². The Labute approximate surface area is 206 Å². The summed E-state index contributed by atoms with van der Waals surface area (Å²) < 4.78 is 41.9. The van der Waals surface area contributed by atoms with E-state index in [4.69, 9.17) is 23.2 Å². The maximum atomic E-state index is 13.8. The zero-order valence-electron chi connectivity index (χ0n) is 17.6. The molecule has 2 N–H and O–H groups in total. The molecule has 0 saturated heterocycles. The first-order chi connectivity index (χ1) is 15.7. The van der Waals surface area contributed by atoms with Crippen LogP contribution in [0.25, 0.3) is 0 Å². The molecule has 0 aromatic heterocycles. The summed E-state index contributed by atoms with van der Waals surface area (Å²) in [6.07, 6.45) is 0. The van der Waals surface area contributed by atoms with Gasteiger partial charge in [0.05, 0.1) is 5.02 Å². The van der Waals surface area contributed by atoms with Crippen LogP contribution >= 0.6 is 35.0 Å². The van der Waals surface area contributed by atoms with Gasteiger partial charge < -0.3 is 5.32 Å². The topological polar surface area (TPSA) is 75.3 Å². The number of rotatable bonds is 9. The average molecular weight is 527 g/mol. The summed E-state index contributed by atoms with van der Waals surface area (Å²) in [6, 6.07) is 15.5. The Morgan fingerprint density at radius 2 is 1.79 bits per heavy atom. The predicted octanol–water partition coefficient (Wildman–Crippen LogP) is 5.90. The molecule has 0 saturated carbocycles. The molecule has 0 radical (unpaired) electrons. The predicted molar refractivity (Wildman–Crippen MR) is 133 cm³/mol. The number of carbonyl (C=O) groups excluding carboxylic acids is 1.